The summed E-state index contributed by atoms with van der Waals surface area (Å²) in [6.07, 6.45) is 4.71. The van der Waals surface area contributed by atoms with Gasteiger partial charge in [-0.3, -0.25) is 4.68 Å². The third kappa shape index (κ3) is 2.43. The number of ether oxygens (including phenoxy) is 1. The molecular formula is C17H21N5O. The quantitative estimate of drug-likeness (QED) is 0.746. The second kappa shape index (κ2) is 5.77. The van der Waals surface area contributed by atoms with E-state index in [-0.39, 0.29) is 0 Å². The normalized spacial score (nSPS) is 16.3. The molecule has 0 amide bonds. The van der Waals surface area contributed by atoms with Crippen molar-refractivity contribution < 1.29 is 4.74 Å². The van der Waals surface area contributed by atoms with E-state index in [1.807, 2.05) is 17.8 Å². The van der Waals surface area contributed by atoms with Crippen LogP contribution >= 0.6 is 0 Å². The van der Waals surface area contributed by atoms with Gasteiger partial charge in [-0.15, -0.1) is 0 Å². The first-order valence-corrected chi connectivity index (χ1v) is 8.22. The highest BCUT2D eigenvalue weighted by Crippen LogP contribution is 2.28. The SMILES string of the molecule is CCc1nn(C2CCOCC2)c2nc(-c3ccnn3C)ccc12. The molecule has 3 aromatic rings. The molecule has 0 aliphatic carbocycles. The molecule has 1 fully saturated rings. The molecule has 120 valence electrons. The van der Waals surface area contributed by atoms with Crippen LogP contribution in [0, 0.1) is 0 Å². The van der Waals surface area contributed by atoms with Crippen molar-refractivity contribution in [1.29, 1.82) is 0 Å². The summed E-state index contributed by atoms with van der Waals surface area (Å²) in [7, 11) is 1.94. The van der Waals surface area contributed by atoms with Gasteiger partial charge in [0.25, 0.3) is 0 Å². The van der Waals surface area contributed by atoms with E-state index in [1.54, 1.807) is 6.20 Å². The molecule has 0 N–H and O–H groups in total. The molecule has 0 aromatic carbocycles. The topological polar surface area (TPSA) is 57.8 Å². The molecule has 4 heterocycles. The minimum Gasteiger partial charge on any atom is -0.381 e. The minimum absolute atomic E-state index is 0.376. The lowest BCUT2D eigenvalue weighted by Gasteiger charge is -2.22. The van der Waals surface area contributed by atoms with Gasteiger partial charge in [-0.2, -0.15) is 10.2 Å². The first kappa shape index (κ1) is 14.4. The summed E-state index contributed by atoms with van der Waals surface area (Å²) in [6.45, 7) is 3.74. The van der Waals surface area contributed by atoms with Gasteiger partial charge in [0, 0.05) is 31.8 Å². The van der Waals surface area contributed by atoms with Crippen LogP contribution in [0.2, 0.25) is 0 Å². The molecule has 4 rings (SSSR count). The van der Waals surface area contributed by atoms with Gasteiger partial charge in [0.2, 0.25) is 0 Å². The van der Waals surface area contributed by atoms with Crippen LogP contribution in [0.4, 0.5) is 0 Å². The Balaban J connectivity index is 1.86. The maximum Gasteiger partial charge on any atom is 0.159 e. The van der Waals surface area contributed by atoms with Gasteiger partial charge in [0.05, 0.1) is 23.1 Å². The van der Waals surface area contributed by atoms with E-state index in [4.69, 9.17) is 14.8 Å². The lowest BCUT2D eigenvalue weighted by Crippen LogP contribution is -2.20. The number of rotatable bonds is 3. The summed E-state index contributed by atoms with van der Waals surface area (Å²) in [5, 5.41) is 10.3. The van der Waals surface area contributed by atoms with Crippen molar-refractivity contribution >= 4 is 11.0 Å². The van der Waals surface area contributed by atoms with Crippen LogP contribution in [-0.2, 0) is 18.2 Å². The Kier molecular flexibility index (Phi) is 3.61. The second-order valence-corrected chi connectivity index (χ2v) is 6.00. The number of aryl methyl sites for hydroxylation is 2. The van der Waals surface area contributed by atoms with Gasteiger partial charge in [-0.1, -0.05) is 6.92 Å². The Hall–Kier alpha value is -2.21. The first-order chi connectivity index (χ1) is 11.3. The van der Waals surface area contributed by atoms with Crippen LogP contribution in [0.25, 0.3) is 22.4 Å². The molecule has 6 nitrogen and oxygen atoms in total. The fourth-order valence-electron chi connectivity index (χ4n) is 3.29. The lowest BCUT2D eigenvalue weighted by atomic mass is 10.1. The maximum absolute atomic E-state index is 5.49. The van der Waals surface area contributed by atoms with E-state index in [1.165, 1.54) is 0 Å². The highest BCUT2D eigenvalue weighted by Gasteiger charge is 2.21. The van der Waals surface area contributed by atoms with Crippen molar-refractivity contribution in [3.63, 3.8) is 0 Å². The molecule has 1 aliphatic rings. The zero-order valence-corrected chi connectivity index (χ0v) is 13.6. The van der Waals surface area contributed by atoms with Crippen molar-refractivity contribution in [3.8, 4) is 11.4 Å². The molecule has 23 heavy (non-hydrogen) atoms. The molecule has 0 unspecified atom stereocenters. The third-order valence-electron chi connectivity index (χ3n) is 4.59. The van der Waals surface area contributed by atoms with Gasteiger partial charge in [-0.05, 0) is 37.5 Å². The molecule has 0 atom stereocenters. The van der Waals surface area contributed by atoms with Crippen LogP contribution in [0.3, 0.4) is 0 Å². The standard InChI is InChI=1S/C17H21N5O/c1-3-14-13-4-5-15(16-6-9-18-21(16)2)19-17(13)22(20-14)12-7-10-23-11-8-12/h4-6,9,12H,3,7-8,10-11H2,1-2H3. The van der Waals surface area contributed by atoms with Crippen LogP contribution in [0.5, 0.6) is 0 Å². The number of aromatic nitrogens is 5. The Bertz CT molecular complexity index is 829. The number of hydrogen-bond acceptors (Lipinski definition) is 4. The maximum atomic E-state index is 5.49. The average molecular weight is 311 g/mol. The summed E-state index contributed by atoms with van der Waals surface area (Å²) in [5.41, 5.74) is 4.06. The largest absolute Gasteiger partial charge is 0.381 e. The fourth-order valence-corrected chi connectivity index (χ4v) is 3.29. The molecule has 1 saturated heterocycles. The number of pyridine rings is 1. The molecular weight excluding hydrogens is 290 g/mol. The highest BCUT2D eigenvalue weighted by atomic mass is 16.5. The molecule has 0 saturated carbocycles. The van der Waals surface area contributed by atoms with Gasteiger partial charge in [0.1, 0.15) is 0 Å². The molecule has 0 bridgehead atoms. The van der Waals surface area contributed by atoms with Crippen molar-refractivity contribution in [2.75, 3.05) is 13.2 Å². The molecule has 6 heteroatoms. The van der Waals surface area contributed by atoms with Crippen LogP contribution < -0.4 is 0 Å². The zero-order valence-electron chi connectivity index (χ0n) is 13.6. The van der Waals surface area contributed by atoms with Crippen LogP contribution in [0.1, 0.15) is 31.5 Å². The highest BCUT2D eigenvalue weighted by molar-refractivity contribution is 5.81. The van der Waals surface area contributed by atoms with Crippen molar-refractivity contribution in [3.05, 3.63) is 30.1 Å². The first-order valence-electron chi connectivity index (χ1n) is 8.22. The Morgan fingerprint density at radius 1 is 1.22 bits per heavy atom. The fraction of sp³-hybridized carbons (Fsp3) is 0.471. The van der Waals surface area contributed by atoms with Crippen molar-refractivity contribution in [1.82, 2.24) is 24.5 Å². The third-order valence-corrected chi connectivity index (χ3v) is 4.59. The monoisotopic (exact) mass is 311 g/mol. The Labute approximate surface area is 135 Å². The van der Waals surface area contributed by atoms with Crippen LogP contribution in [0.15, 0.2) is 24.4 Å². The van der Waals surface area contributed by atoms with Gasteiger partial charge in [-0.25, -0.2) is 9.67 Å². The molecule has 3 aromatic heterocycles. The van der Waals surface area contributed by atoms with Crippen molar-refractivity contribution in [2.45, 2.75) is 32.2 Å². The van der Waals surface area contributed by atoms with E-state index < -0.39 is 0 Å². The predicted octanol–water partition coefficient (Wildman–Crippen LogP) is 2.75. The summed E-state index contributed by atoms with van der Waals surface area (Å²) in [4.78, 5) is 4.92. The Morgan fingerprint density at radius 3 is 2.74 bits per heavy atom. The van der Waals surface area contributed by atoms with Gasteiger partial charge >= 0.3 is 0 Å². The molecule has 0 spiro atoms. The smallest absolute Gasteiger partial charge is 0.159 e. The summed E-state index contributed by atoms with van der Waals surface area (Å²) >= 11 is 0. The average Bonchev–Trinajstić information content (AvgIpc) is 3.18. The van der Waals surface area contributed by atoms with E-state index in [9.17, 15) is 0 Å². The summed E-state index contributed by atoms with van der Waals surface area (Å²) in [5.74, 6) is 0. The molecule has 0 radical (unpaired) electrons. The van der Waals surface area contributed by atoms with E-state index in [0.29, 0.717) is 6.04 Å². The van der Waals surface area contributed by atoms with E-state index in [0.717, 1.165) is 60.6 Å². The number of hydrogen-bond donors (Lipinski definition) is 0. The molecule has 1 aliphatic heterocycles. The number of nitrogens with zero attached hydrogens (tertiary/aromatic N) is 5. The van der Waals surface area contributed by atoms with E-state index >= 15 is 0 Å². The van der Waals surface area contributed by atoms with E-state index in [2.05, 4.69) is 28.8 Å². The summed E-state index contributed by atoms with van der Waals surface area (Å²) < 4.78 is 9.46. The minimum atomic E-state index is 0.376. The lowest BCUT2D eigenvalue weighted by molar-refractivity contribution is 0.0672. The Morgan fingerprint density at radius 2 is 2.04 bits per heavy atom. The van der Waals surface area contributed by atoms with Crippen LogP contribution in [-0.4, -0.2) is 37.8 Å². The second-order valence-electron chi connectivity index (χ2n) is 6.00. The van der Waals surface area contributed by atoms with Gasteiger partial charge < -0.3 is 4.74 Å². The zero-order chi connectivity index (χ0) is 15.8. The van der Waals surface area contributed by atoms with Crippen molar-refractivity contribution in [2.24, 2.45) is 7.05 Å². The number of fused-ring (bicyclic) bond motifs is 1. The summed E-state index contributed by atoms with van der Waals surface area (Å²) in [6, 6.07) is 6.58. The van der Waals surface area contributed by atoms with Gasteiger partial charge in [0.15, 0.2) is 5.65 Å². The predicted molar refractivity (Wildman–Crippen MR) is 88.2 cm³/mol.